The summed E-state index contributed by atoms with van der Waals surface area (Å²) in [5.74, 6) is 0.293. The largest absolute Gasteiger partial charge is 0.325 e. The predicted octanol–water partition coefficient (Wildman–Crippen LogP) is 2.34. The molecule has 22 heavy (non-hydrogen) atoms. The van der Waals surface area contributed by atoms with E-state index >= 15 is 0 Å². The number of nitrogens with one attached hydrogen (secondary N) is 1. The molecule has 0 saturated carbocycles. The molecule has 2 aliphatic heterocycles. The first-order valence-corrected chi connectivity index (χ1v) is 9.13. The van der Waals surface area contributed by atoms with Crippen LogP contribution in [-0.2, 0) is 20.2 Å². The minimum Gasteiger partial charge on any atom is -0.325 e. The van der Waals surface area contributed by atoms with Crippen molar-refractivity contribution in [2.45, 2.75) is 43.9 Å². The molecule has 1 unspecified atom stereocenters. The summed E-state index contributed by atoms with van der Waals surface area (Å²) in [6.07, 6.45) is 1.97. The van der Waals surface area contributed by atoms with Crippen molar-refractivity contribution < 1.29 is 13.2 Å². The molecule has 0 radical (unpaired) electrons. The number of piperidine rings is 1. The molecule has 1 fully saturated rings. The number of amides is 1. The molecule has 1 aromatic carbocycles. The van der Waals surface area contributed by atoms with Crippen LogP contribution in [0.2, 0.25) is 0 Å². The highest BCUT2D eigenvalue weighted by atomic mass is 32.2. The third kappa shape index (κ3) is 2.34. The average molecular weight is 322 g/mol. The zero-order chi connectivity index (χ0) is 16.1. The summed E-state index contributed by atoms with van der Waals surface area (Å²) in [5.41, 5.74) is 0.764. The Morgan fingerprint density at radius 3 is 2.73 bits per heavy atom. The van der Waals surface area contributed by atoms with Gasteiger partial charge in [0.25, 0.3) is 0 Å². The Kier molecular flexibility index (Phi) is 3.57. The Labute approximate surface area is 131 Å². The van der Waals surface area contributed by atoms with Crippen LogP contribution in [-0.4, -0.2) is 31.7 Å². The summed E-state index contributed by atoms with van der Waals surface area (Å²) in [6.45, 7) is 6.85. The lowest BCUT2D eigenvalue weighted by atomic mass is 9.86. The van der Waals surface area contributed by atoms with E-state index in [4.69, 9.17) is 0 Å². The molecule has 3 rings (SSSR count). The molecule has 2 aliphatic rings. The fraction of sp³-hybridized carbons (Fsp3) is 0.562. The molecule has 0 spiro atoms. The van der Waals surface area contributed by atoms with Gasteiger partial charge in [-0.1, -0.05) is 6.92 Å². The van der Waals surface area contributed by atoms with E-state index in [1.807, 2.05) is 13.8 Å². The van der Waals surface area contributed by atoms with E-state index in [1.165, 1.54) is 0 Å². The van der Waals surface area contributed by atoms with Gasteiger partial charge in [0.05, 0.1) is 10.3 Å². The van der Waals surface area contributed by atoms with Crippen LogP contribution < -0.4 is 5.32 Å². The van der Waals surface area contributed by atoms with Crippen molar-refractivity contribution in [2.75, 3.05) is 18.4 Å². The number of carbonyl (C=O) groups is 1. The molecule has 1 N–H and O–H groups in total. The molecule has 0 aliphatic carbocycles. The highest BCUT2D eigenvalue weighted by molar-refractivity contribution is 7.89. The van der Waals surface area contributed by atoms with E-state index in [0.717, 1.165) is 18.4 Å². The van der Waals surface area contributed by atoms with E-state index in [2.05, 4.69) is 12.2 Å². The van der Waals surface area contributed by atoms with Gasteiger partial charge < -0.3 is 5.32 Å². The third-order valence-electron chi connectivity index (χ3n) is 4.74. The van der Waals surface area contributed by atoms with Gasteiger partial charge in [-0.25, -0.2) is 8.42 Å². The van der Waals surface area contributed by atoms with Gasteiger partial charge in [0.1, 0.15) is 0 Å². The Balaban J connectivity index is 2.00. The molecule has 2 heterocycles. The van der Waals surface area contributed by atoms with E-state index < -0.39 is 15.4 Å². The number of carbonyl (C=O) groups excluding carboxylic acids is 1. The zero-order valence-electron chi connectivity index (χ0n) is 13.2. The van der Waals surface area contributed by atoms with E-state index in [1.54, 1.807) is 22.5 Å². The number of anilines is 1. The van der Waals surface area contributed by atoms with Crippen molar-refractivity contribution in [3.8, 4) is 0 Å². The van der Waals surface area contributed by atoms with Gasteiger partial charge in [0.15, 0.2) is 0 Å². The molecule has 1 saturated heterocycles. The van der Waals surface area contributed by atoms with Crippen molar-refractivity contribution in [3.63, 3.8) is 0 Å². The number of sulfonamides is 1. The molecule has 5 nitrogen and oxygen atoms in total. The molecule has 0 bridgehead atoms. The molecule has 6 heteroatoms. The summed E-state index contributed by atoms with van der Waals surface area (Å²) >= 11 is 0. The molecule has 1 atom stereocenters. The summed E-state index contributed by atoms with van der Waals surface area (Å²) in [7, 11) is -3.49. The van der Waals surface area contributed by atoms with Gasteiger partial charge in [-0.05, 0) is 56.4 Å². The lowest BCUT2D eigenvalue weighted by Crippen LogP contribution is -2.39. The molecule has 120 valence electrons. The molecular formula is C16H22N2O3S. The van der Waals surface area contributed by atoms with Crippen molar-refractivity contribution >= 4 is 21.6 Å². The second kappa shape index (κ2) is 5.06. The van der Waals surface area contributed by atoms with Gasteiger partial charge in [-0.15, -0.1) is 0 Å². The Morgan fingerprint density at radius 1 is 1.32 bits per heavy atom. The molecule has 1 amide bonds. The maximum Gasteiger partial charge on any atom is 0.243 e. The van der Waals surface area contributed by atoms with Crippen molar-refractivity contribution in [1.29, 1.82) is 0 Å². The Hall–Kier alpha value is -1.40. The van der Waals surface area contributed by atoms with E-state index in [-0.39, 0.29) is 10.8 Å². The summed E-state index contributed by atoms with van der Waals surface area (Å²) in [6, 6.07) is 4.94. The first-order chi connectivity index (χ1) is 10.2. The van der Waals surface area contributed by atoms with Crippen molar-refractivity contribution in [3.05, 3.63) is 23.8 Å². The minimum atomic E-state index is -3.49. The van der Waals surface area contributed by atoms with Crippen LogP contribution in [0.5, 0.6) is 0 Å². The van der Waals surface area contributed by atoms with Crippen LogP contribution in [0.4, 0.5) is 5.69 Å². The lowest BCUT2D eigenvalue weighted by molar-refractivity contribution is -0.119. The second-order valence-electron chi connectivity index (χ2n) is 6.90. The van der Waals surface area contributed by atoms with Crippen LogP contribution >= 0.6 is 0 Å². The smallest absolute Gasteiger partial charge is 0.243 e. The number of benzene rings is 1. The van der Waals surface area contributed by atoms with Gasteiger partial charge in [0.2, 0.25) is 15.9 Å². The third-order valence-corrected chi connectivity index (χ3v) is 6.60. The monoisotopic (exact) mass is 322 g/mol. The zero-order valence-corrected chi connectivity index (χ0v) is 14.0. The Bertz CT molecular complexity index is 725. The van der Waals surface area contributed by atoms with Crippen LogP contribution in [0.1, 0.15) is 39.2 Å². The first kappa shape index (κ1) is 15.5. The number of hydrogen-bond acceptors (Lipinski definition) is 3. The highest BCUT2D eigenvalue weighted by Crippen LogP contribution is 2.39. The minimum absolute atomic E-state index is 0.0938. The normalized spacial score (nSPS) is 24.9. The number of hydrogen-bond donors (Lipinski definition) is 1. The van der Waals surface area contributed by atoms with Crippen LogP contribution in [0.25, 0.3) is 0 Å². The van der Waals surface area contributed by atoms with Crippen molar-refractivity contribution in [1.82, 2.24) is 4.31 Å². The lowest BCUT2D eigenvalue weighted by Gasteiger charge is -2.30. The number of fused-ring (bicyclic) bond motifs is 1. The van der Waals surface area contributed by atoms with Crippen molar-refractivity contribution in [2.24, 2.45) is 5.92 Å². The molecular weight excluding hydrogens is 300 g/mol. The van der Waals surface area contributed by atoms with E-state index in [9.17, 15) is 13.2 Å². The molecule has 0 aromatic heterocycles. The van der Waals surface area contributed by atoms with Gasteiger partial charge >= 0.3 is 0 Å². The second-order valence-corrected chi connectivity index (χ2v) is 8.83. The quantitative estimate of drug-likeness (QED) is 0.909. The number of rotatable bonds is 2. The molecule has 1 aromatic rings. The number of nitrogens with zero attached hydrogens (tertiary/aromatic N) is 1. The fourth-order valence-corrected chi connectivity index (χ4v) is 4.85. The van der Waals surface area contributed by atoms with Crippen LogP contribution in [0, 0.1) is 5.92 Å². The SMILES string of the molecule is CC1CCCN(S(=O)(=O)c2ccc3c(c2)C(C)(C)C(=O)N3)C1. The standard InChI is InChI=1S/C16H22N2O3S/c1-11-5-4-8-18(10-11)22(20,21)12-6-7-14-13(9-12)16(2,3)15(19)17-14/h6-7,9,11H,4-5,8,10H2,1-3H3,(H,17,19). The summed E-state index contributed by atoms with van der Waals surface area (Å²) in [5, 5.41) is 2.81. The summed E-state index contributed by atoms with van der Waals surface area (Å²) in [4.78, 5) is 12.3. The van der Waals surface area contributed by atoms with Gasteiger partial charge in [-0.3, -0.25) is 4.79 Å². The van der Waals surface area contributed by atoms with Crippen LogP contribution in [0.3, 0.4) is 0 Å². The maximum absolute atomic E-state index is 12.8. The van der Waals surface area contributed by atoms with Gasteiger partial charge in [0, 0.05) is 18.8 Å². The fourth-order valence-electron chi connectivity index (χ4n) is 3.22. The average Bonchev–Trinajstić information content (AvgIpc) is 2.69. The van der Waals surface area contributed by atoms with E-state index in [0.29, 0.717) is 24.7 Å². The maximum atomic E-state index is 12.8. The highest BCUT2D eigenvalue weighted by Gasteiger charge is 2.39. The predicted molar refractivity (Wildman–Crippen MR) is 85.3 cm³/mol. The van der Waals surface area contributed by atoms with Crippen LogP contribution in [0.15, 0.2) is 23.1 Å². The summed E-state index contributed by atoms with van der Waals surface area (Å²) < 4.78 is 27.3. The topological polar surface area (TPSA) is 66.5 Å². The van der Waals surface area contributed by atoms with Gasteiger partial charge in [-0.2, -0.15) is 4.31 Å². The Morgan fingerprint density at radius 2 is 2.05 bits per heavy atom. The first-order valence-electron chi connectivity index (χ1n) is 7.69.